The number of hydrogen-bond donors (Lipinski definition) is 1. The Morgan fingerprint density at radius 3 is 2.07 bits per heavy atom. The summed E-state index contributed by atoms with van der Waals surface area (Å²) >= 11 is 4.48. The van der Waals surface area contributed by atoms with Gasteiger partial charge in [0.1, 0.15) is 5.75 Å². The minimum Gasteiger partial charge on any atom is -0.486 e. The molecule has 2 rings (SSSR count). The van der Waals surface area contributed by atoms with Crippen LogP contribution in [0.5, 0.6) is 5.75 Å². The van der Waals surface area contributed by atoms with Crippen LogP contribution < -0.4 is 4.74 Å². The van der Waals surface area contributed by atoms with Gasteiger partial charge in [0, 0.05) is 15.4 Å². The zero-order valence-electron chi connectivity index (χ0n) is 14.0. The van der Waals surface area contributed by atoms with E-state index in [2.05, 4.69) is 12.6 Å². The smallest absolute Gasteiger partial charge is 0.398 e. The van der Waals surface area contributed by atoms with E-state index in [0.29, 0.717) is 17.3 Å². The molecule has 0 aliphatic rings. The predicted octanol–water partition coefficient (Wildman–Crippen LogP) is 6.53. The fourth-order valence-electron chi connectivity index (χ4n) is 2.10. The van der Waals surface area contributed by atoms with E-state index in [1.165, 1.54) is 13.0 Å². The molecule has 0 amide bonds. The minimum absolute atomic E-state index is 0.0844. The lowest BCUT2D eigenvalue weighted by Crippen LogP contribution is -2.24. The Labute approximate surface area is 164 Å². The van der Waals surface area contributed by atoms with Crippen LogP contribution in [0.2, 0.25) is 0 Å². The first-order chi connectivity index (χ1) is 12.8. The molecule has 154 valence electrons. The maximum absolute atomic E-state index is 14.2. The maximum atomic E-state index is 14.2. The Hall–Kier alpha value is -1.62. The van der Waals surface area contributed by atoms with Crippen molar-refractivity contribution in [2.24, 2.45) is 0 Å². The van der Waals surface area contributed by atoms with Gasteiger partial charge < -0.3 is 4.74 Å². The summed E-state index contributed by atoms with van der Waals surface area (Å²) < 4.78 is 110. The summed E-state index contributed by atoms with van der Waals surface area (Å²) in [6.45, 7) is 0.123. The molecule has 0 spiro atoms. The molecule has 0 saturated heterocycles. The lowest BCUT2D eigenvalue weighted by molar-refractivity contribution is -0.105. The molecule has 0 atom stereocenters. The fourth-order valence-corrected chi connectivity index (χ4v) is 3.22. The van der Waals surface area contributed by atoms with Crippen LogP contribution in [0.3, 0.4) is 0 Å². The van der Waals surface area contributed by atoms with E-state index in [-0.39, 0.29) is 27.7 Å². The molecule has 11 heteroatoms. The first kappa shape index (κ1) is 22.7. The molecule has 0 unspecified atom stereocenters. The number of halogens is 8. The average Bonchev–Trinajstić information content (AvgIpc) is 2.56. The molecule has 0 aromatic heterocycles. The molecule has 2 aromatic rings. The Balaban J connectivity index is 2.21. The highest BCUT2D eigenvalue weighted by Gasteiger charge is 2.35. The third-order valence-corrected chi connectivity index (χ3v) is 5.03. The quantitative estimate of drug-likeness (QED) is 0.233. The summed E-state index contributed by atoms with van der Waals surface area (Å²) in [7, 11) is 0. The second-order valence-electron chi connectivity index (χ2n) is 5.74. The van der Waals surface area contributed by atoms with Crippen molar-refractivity contribution in [3.63, 3.8) is 0 Å². The van der Waals surface area contributed by atoms with Crippen molar-refractivity contribution in [1.29, 1.82) is 0 Å². The second kappa shape index (κ2) is 8.40. The zero-order valence-corrected chi connectivity index (χ0v) is 15.7. The van der Waals surface area contributed by atoms with Crippen molar-refractivity contribution in [3.05, 3.63) is 52.8 Å². The summed E-state index contributed by atoms with van der Waals surface area (Å²) in [5, 5.41) is 0. The van der Waals surface area contributed by atoms with E-state index in [9.17, 15) is 35.1 Å². The number of alkyl halides is 5. The highest BCUT2D eigenvalue weighted by atomic mass is 32.2. The van der Waals surface area contributed by atoms with Crippen molar-refractivity contribution < 1.29 is 39.9 Å². The first-order valence-electron chi connectivity index (χ1n) is 7.49. The Morgan fingerprint density at radius 2 is 1.54 bits per heavy atom. The third-order valence-electron chi connectivity index (χ3n) is 3.46. The van der Waals surface area contributed by atoms with E-state index in [0.717, 1.165) is 6.07 Å². The molecule has 0 aliphatic heterocycles. The van der Waals surface area contributed by atoms with Gasteiger partial charge in [-0.05, 0) is 36.8 Å². The van der Waals surface area contributed by atoms with Crippen LogP contribution in [0.25, 0.3) is 0 Å². The SMILES string of the molecule is Cc1cc(S)c(OCC(F)(F)c2cc(F)c(F)c(F)c2)cc1SCC(F)(F)F. The van der Waals surface area contributed by atoms with Crippen molar-refractivity contribution in [3.8, 4) is 5.75 Å². The van der Waals surface area contributed by atoms with Crippen molar-refractivity contribution in [2.45, 2.75) is 28.8 Å². The van der Waals surface area contributed by atoms with Crippen LogP contribution in [0.4, 0.5) is 35.1 Å². The van der Waals surface area contributed by atoms with Gasteiger partial charge in [-0.15, -0.1) is 24.4 Å². The summed E-state index contributed by atoms with van der Waals surface area (Å²) in [5.74, 6) is -10.8. The van der Waals surface area contributed by atoms with Gasteiger partial charge in [-0.3, -0.25) is 0 Å². The molecule has 0 fully saturated rings. The van der Waals surface area contributed by atoms with E-state index < -0.39 is 47.5 Å². The van der Waals surface area contributed by atoms with Crippen LogP contribution in [0.1, 0.15) is 11.1 Å². The first-order valence-corrected chi connectivity index (χ1v) is 8.92. The van der Waals surface area contributed by atoms with Gasteiger partial charge in [0.05, 0.1) is 5.75 Å². The van der Waals surface area contributed by atoms with Crippen LogP contribution >= 0.6 is 24.4 Å². The summed E-state index contributed by atoms with van der Waals surface area (Å²) in [5.41, 5.74) is -0.718. The lowest BCUT2D eigenvalue weighted by atomic mass is 10.1. The van der Waals surface area contributed by atoms with Gasteiger partial charge in [0.2, 0.25) is 0 Å². The Bertz CT molecular complexity index is 844. The van der Waals surface area contributed by atoms with Gasteiger partial charge in [0.25, 0.3) is 0 Å². The van der Waals surface area contributed by atoms with E-state index in [1.807, 2.05) is 0 Å². The number of rotatable bonds is 6. The molecule has 28 heavy (non-hydrogen) atoms. The molecule has 0 radical (unpaired) electrons. The minimum atomic E-state index is -4.43. The van der Waals surface area contributed by atoms with Crippen molar-refractivity contribution >= 4 is 24.4 Å². The fraction of sp³-hybridized carbons (Fsp3) is 0.294. The lowest BCUT2D eigenvalue weighted by Gasteiger charge is -2.19. The van der Waals surface area contributed by atoms with Crippen molar-refractivity contribution in [2.75, 3.05) is 12.4 Å². The number of thiol groups is 1. The van der Waals surface area contributed by atoms with Gasteiger partial charge in [0.15, 0.2) is 24.1 Å². The van der Waals surface area contributed by atoms with E-state index in [4.69, 9.17) is 4.74 Å². The van der Waals surface area contributed by atoms with Gasteiger partial charge in [-0.1, -0.05) is 0 Å². The number of aryl methyl sites for hydroxylation is 1. The van der Waals surface area contributed by atoms with Gasteiger partial charge in [-0.25, -0.2) is 13.2 Å². The van der Waals surface area contributed by atoms with Crippen LogP contribution in [-0.2, 0) is 5.92 Å². The molecule has 2 aromatic carbocycles. The molecule has 0 saturated carbocycles. The molecular formula is C17H12F8OS2. The van der Waals surface area contributed by atoms with Gasteiger partial charge in [-0.2, -0.15) is 22.0 Å². The topological polar surface area (TPSA) is 9.23 Å². The van der Waals surface area contributed by atoms with E-state index >= 15 is 0 Å². The number of benzene rings is 2. The third kappa shape index (κ3) is 5.69. The molecule has 0 aliphatic carbocycles. The standard InChI is InChI=1S/C17H12F8OS2/c1-8-2-13(27)12(5-14(8)28-7-17(23,24)25)26-6-16(21,22)9-3-10(18)15(20)11(19)4-9/h2-5,27H,6-7H2,1H3. The van der Waals surface area contributed by atoms with Crippen LogP contribution in [0.15, 0.2) is 34.1 Å². The second-order valence-corrected chi connectivity index (χ2v) is 7.24. The Morgan fingerprint density at radius 1 is 0.964 bits per heavy atom. The average molecular weight is 448 g/mol. The number of thioether (sulfide) groups is 1. The normalized spacial score (nSPS) is 12.4. The van der Waals surface area contributed by atoms with Crippen LogP contribution in [-0.4, -0.2) is 18.5 Å². The number of ether oxygens (including phenoxy) is 1. The van der Waals surface area contributed by atoms with E-state index in [1.54, 1.807) is 0 Å². The summed E-state index contributed by atoms with van der Waals surface area (Å²) in [4.78, 5) is 0.230. The zero-order chi connectivity index (χ0) is 21.3. The predicted molar refractivity (Wildman–Crippen MR) is 90.9 cm³/mol. The maximum Gasteiger partial charge on any atom is 0.398 e. The van der Waals surface area contributed by atoms with Crippen LogP contribution in [0, 0.1) is 24.4 Å². The van der Waals surface area contributed by atoms with Gasteiger partial charge >= 0.3 is 12.1 Å². The Kier molecular flexibility index (Phi) is 6.80. The molecular weight excluding hydrogens is 436 g/mol. The highest BCUT2D eigenvalue weighted by molar-refractivity contribution is 7.99. The summed E-state index contributed by atoms with van der Waals surface area (Å²) in [6, 6.07) is 2.74. The highest BCUT2D eigenvalue weighted by Crippen LogP contribution is 2.37. The molecule has 0 N–H and O–H groups in total. The molecule has 0 heterocycles. The number of hydrogen-bond acceptors (Lipinski definition) is 3. The monoisotopic (exact) mass is 448 g/mol. The van der Waals surface area contributed by atoms with Crippen molar-refractivity contribution in [1.82, 2.24) is 0 Å². The largest absolute Gasteiger partial charge is 0.486 e. The molecule has 1 nitrogen and oxygen atoms in total. The molecule has 0 bridgehead atoms. The summed E-state index contributed by atoms with van der Waals surface area (Å²) in [6.07, 6.45) is -4.43.